The van der Waals surface area contributed by atoms with E-state index in [-0.39, 0.29) is 18.9 Å². The molecule has 2 aromatic rings. The maximum atomic E-state index is 12.5. The van der Waals surface area contributed by atoms with Crippen molar-refractivity contribution in [1.29, 1.82) is 0 Å². The molecule has 7 heteroatoms. The van der Waals surface area contributed by atoms with E-state index in [2.05, 4.69) is 34.9 Å². The van der Waals surface area contributed by atoms with Gasteiger partial charge in [0.25, 0.3) is 0 Å². The minimum atomic E-state index is -1.09. The van der Waals surface area contributed by atoms with Gasteiger partial charge in [-0.25, -0.2) is 9.59 Å². The molecule has 0 heterocycles. The lowest BCUT2D eigenvalue weighted by atomic mass is 9.86. The summed E-state index contributed by atoms with van der Waals surface area (Å²) in [6.45, 7) is 7.28. The van der Waals surface area contributed by atoms with Gasteiger partial charge < -0.3 is 20.5 Å². The number of benzene rings is 2. The first-order valence-electron chi connectivity index (χ1n) is 11.3. The van der Waals surface area contributed by atoms with Gasteiger partial charge in [0.05, 0.1) is 0 Å². The Balaban J connectivity index is 1.58. The molecule has 0 aliphatic heterocycles. The molecule has 2 aromatic carbocycles. The molecule has 0 bridgehead atoms. The van der Waals surface area contributed by atoms with Gasteiger partial charge in [0.15, 0.2) is 0 Å². The number of carboxylic acid groups (broad SMARTS) is 1. The summed E-state index contributed by atoms with van der Waals surface area (Å²) in [5.74, 6) is -1.56. The number of carboxylic acids is 1. The summed E-state index contributed by atoms with van der Waals surface area (Å²) in [6, 6.07) is 14.7. The van der Waals surface area contributed by atoms with Crippen molar-refractivity contribution in [2.24, 2.45) is 5.41 Å². The van der Waals surface area contributed by atoms with Crippen LogP contribution in [0.25, 0.3) is 11.1 Å². The summed E-state index contributed by atoms with van der Waals surface area (Å²) in [4.78, 5) is 36.4. The second-order valence-corrected chi connectivity index (χ2v) is 9.48. The Kier molecular flexibility index (Phi) is 7.41. The molecule has 1 aliphatic rings. The molecule has 0 aromatic heterocycles. The zero-order valence-corrected chi connectivity index (χ0v) is 19.6. The average molecular weight is 453 g/mol. The summed E-state index contributed by atoms with van der Waals surface area (Å²) in [7, 11) is 0. The minimum absolute atomic E-state index is 0.0272. The number of aliphatic carboxylic acids is 1. The summed E-state index contributed by atoms with van der Waals surface area (Å²) in [6.07, 6.45) is -0.118. The van der Waals surface area contributed by atoms with Crippen LogP contribution in [-0.4, -0.2) is 41.8 Å². The topological polar surface area (TPSA) is 105 Å². The number of carbonyl (C=O) groups excluding carboxylic acids is 2. The zero-order chi connectivity index (χ0) is 24.2. The van der Waals surface area contributed by atoms with Crippen molar-refractivity contribution >= 4 is 18.0 Å². The van der Waals surface area contributed by atoms with E-state index in [1.165, 1.54) is 0 Å². The van der Waals surface area contributed by atoms with Gasteiger partial charge in [0.1, 0.15) is 12.6 Å². The van der Waals surface area contributed by atoms with Gasteiger partial charge in [0.2, 0.25) is 5.91 Å². The smallest absolute Gasteiger partial charge is 0.407 e. The first kappa shape index (κ1) is 24.3. The third-order valence-electron chi connectivity index (χ3n) is 6.01. The number of fused-ring (bicyclic) bond motifs is 3. The molecule has 0 fully saturated rings. The van der Waals surface area contributed by atoms with E-state index in [0.29, 0.717) is 6.42 Å². The monoisotopic (exact) mass is 452 g/mol. The maximum Gasteiger partial charge on any atom is 0.407 e. The predicted molar refractivity (Wildman–Crippen MR) is 126 cm³/mol. The van der Waals surface area contributed by atoms with Crippen LogP contribution in [-0.2, 0) is 14.3 Å². The van der Waals surface area contributed by atoms with E-state index in [1.807, 2.05) is 31.2 Å². The summed E-state index contributed by atoms with van der Waals surface area (Å²) in [5.41, 5.74) is 3.91. The second kappa shape index (κ2) is 10.1. The zero-order valence-electron chi connectivity index (χ0n) is 19.6. The van der Waals surface area contributed by atoms with Crippen LogP contribution < -0.4 is 10.6 Å². The van der Waals surface area contributed by atoms with Crippen LogP contribution in [0.5, 0.6) is 0 Å². The van der Waals surface area contributed by atoms with E-state index in [9.17, 15) is 19.5 Å². The SMILES string of the molecule is CC[C@H](CC(=O)N[C@H](C(=O)O)C(C)(C)C)NC(=O)OCC1c2ccccc2-c2ccccc21. The third kappa shape index (κ3) is 5.72. The Morgan fingerprint density at radius 3 is 2.00 bits per heavy atom. The van der Waals surface area contributed by atoms with Crippen molar-refractivity contribution < 1.29 is 24.2 Å². The van der Waals surface area contributed by atoms with Gasteiger partial charge >= 0.3 is 12.1 Å². The first-order valence-corrected chi connectivity index (χ1v) is 11.3. The van der Waals surface area contributed by atoms with Crippen LogP contribution in [0.15, 0.2) is 48.5 Å². The molecule has 2 amide bonds. The van der Waals surface area contributed by atoms with Crippen molar-refractivity contribution in [3.63, 3.8) is 0 Å². The Morgan fingerprint density at radius 2 is 1.52 bits per heavy atom. The molecule has 2 atom stereocenters. The van der Waals surface area contributed by atoms with Gasteiger partial charge in [-0.05, 0) is 34.1 Å². The van der Waals surface area contributed by atoms with Crippen molar-refractivity contribution in [2.75, 3.05) is 6.61 Å². The minimum Gasteiger partial charge on any atom is -0.480 e. The highest BCUT2D eigenvalue weighted by Crippen LogP contribution is 2.44. The van der Waals surface area contributed by atoms with Crippen molar-refractivity contribution in [3.05, 3.63) is 59.7 Å². The highest BCUT2D eigenvalue weighted by atomic mass is 16.5. The highest BCUT2D eigenvalue weighted by Gasteiger charge is 2.33. The fraction of sp³-hybridized carbons (Fsp3) is 0.423. The lowest BCUT2D eigenvalue weighted by Gasteiger charge is -2.28. The highest BCUT2D eigenvalue weighted by molar-refractivity contribution is 5.85. The molecule has 0 unspecified atom stereocenters. The van der Waals surface area contributed by atoms with Gasteiger partial charge in [-0.3, -0.25) is 4.79 Å². The largest absolute Gasteiger partial charge is 0.480 e. The number of hydrogen-bond acceptors (Lipinski definition) is 4. The Bertz CT molecular complexity index is 982. The molecule has 0 radical (unpaired) electrons. The molecule has 7 nitrogen and oxygen atoms in total. The normalized spacial score (nSPS) is 14.5. The number of ether oxygens (including phenoxy) is 1. The van der Waals surface area contributed by atoms with E-state index in [0.717, 1.165) is 22.3 Å². The number of nitrogens with one attached hydrogen (secondary N) is 2. The number of hydrogen-bond donors (Lipinski definition) is 3. The van der Waals surface area contributed by atoms with E-state index in [1.54, 1.807) is 20.8 Å². The molecule has 0 spiro atoms. The van der Waals surface area contributed by atoms with Crippen LogP contribution in [0.3, 0.4) is 0 Å². The first-order chi connectivity index (χ1) is 15.6. The van der Waals surface area contributed by atoms with Gasteiger partial charge in [-0.2, -0.15) is 0 Å². The standard InChI is InChI=1S/C26H32N2O5/c1-5-16(14-22(29)28-23(24(30)31)26(2,3)4)27-25(32)33-15-21-19-12-8-6-10-17(19)18-11-7-9-13-20(18)21/h6-13,16,21,23H,5,14-15H2,1-4H3,(H,27,32)(H,28,29)(H,30,31)/t16-,23-/m1/s1. The third-order valence-corrected chi connectivity index (χ3v) is 6.01. The van der Waals surface area contributed by atoms with Crippen LogP contribution in [0, 0.1) is 5.41 Å². The summed E-state index contributed by atoms with van der Waals surface area (Å²) < 4.78 is 5.55. The Morgan fingerprint density at radius 1 is 0.970 bits per heavy atom. The van der Waals surface area contributed by atoms with Gasteiger partial charge in [-0.15, -0.1) is 0 Å². The van der Waals surface area contributed by atoms with Crippen LogP contribution in [0.4, 0.5) is 4.79 Å². The van der Waals surface area contributed by atoms with E-state index >= 15 is 0 Å². The molecule has 3 rings (SSSR count). The summed E-state index contributed by atoms with van der Waals surface area (Å²) >= 11 is 0. The van der Waals surface area contributed by atoms with Gasteiger partial charge in [-0.1, -0.05) is 76.2 Å². The van der Waals surface area contributed by atoms with Gasteiger partial charge in [0, 0.05) is 18.4 Å². The molecule has 3 N–H and O–H groups in total. The molecule has 0 saturated carbocycles. The van der Waals surface area contributed by atoms with E-state index < -0.39 is 35.5 Å². The Hall–Kier alpha value is -3.35. The lowest BCUT2D eigenvalue weighted by Crippen LogP contribution is -2.50. The second-order valence-electron chi connectivity index (χ2n) is 9.48. The molecule has 176 valence electrons. The lowest BCUT2D eigenvalue weighted by molar-refractivity contribution is -0.145. The fourth-order valence-corrected chi connectivity index (χ4v) is 4.20. The fourth-order valence-electron chi connectivity index (χ4n) is 4.20. The van der Waals surface area contributed by atoms with Crippen LogP contribution >= 0.6 is 0 Å². The molecular weight excluding hydrogens is 420 g/mol. The van der Waals surface area contributed by atoms with E-state index in [4.69, 9.17) is 4.74 Å². The maximum absolute atomic E-state index is 12.5. The number of alkyl carbamates (subject to hydrolysis) is 1. The molecule has 33 heavy (non-hydrogen) atoms. The van der Waals surface area contributed by atoms with Crippen LogP contribution in [0.1, 0.15) is 57.6 Å². The number of carbonyl (C=O) groups is 3. The number of rotatable bonds is 8. The van der Waals surface area contributed by atoms with Crippen molar-refractivity contribution in [1.82, 2.24) is 10.6 Å². The number of amides is 2. The predicted octanol–water partition coefficient (Wildman–Crippen LogP) is 4.31. The van der Waals surface area contributed by atoms with Crippen molar-refractivity contribution in [3.8, 4) is 11.1 Å². The molecular formula is C26H32N2O5. The molecule has 0 saturated heterocycles. The summed E-state index contributed by atoms with van der Waals surface area (Å²) in [5, 5.41) is 14.7. The quantitative estimate of drug-likeness (QED) is 0.554. The van der Waals surface area contributed by atoms with Crippen LogP contribution in [0.2, 0.25) is 0 Å². The molecule has 1 aliphatic carbocycles. The Labute approximate surface area is 194 Å². The average Bonchev–Trinajstić information content (AvgIpc) is 3.08. The van der Waals surface area contributed by atoms with Crippen molar-refractivity contribution in [2.45, 2.75) is 58.5 Å².